The number of nitrogens with zero attached hydrogens (tertiary/aromatic N) is 2. The first-order valence-corrected chi connectivity index (χ1v) is 7.61. The van der Waals surface area contributed by atoms with Crippen molar-refractivity contribution >= 4 is 28.7 Å². The van der Waals surface area contributed by atoms with E-state index in [1.54, 1.807) is 37.6 Å². The third kappa shape index (κ3) is 4.63. The molecule has 0 spiro atoms. The molecular formula is C15H16FN3O2S. The summed E-state index contributed by atoms with van der Waals surface area (Å²) in [5.41, 5.74) is 4.77. The number of ether oxygens (including phenoxy) is 1. The Morgan fingerprint density at radius 1 is 1.55 bits per heavy atom. The minimum Gasteiger partial charge on any atom is -0.466 e. The number of carbonyl (C=O) groups is 1. The number of aryl methyl sites for hydroxylation is 1. The van der Waals surface area contributed by atoms with E-state index in [0.29, 0.717) is 23.0 Å². The Morgan fingerprint density at radius 3 is 3.09 bits per heavy atom. The van der Waals surface area contributed by atoms with Crippen LogP contribution in [0.25, 0.3) is 0 Å². The zero-order valence-electron chi connectivity index (χ0n) is 12.3. The Kier molecular flexibility index (Phi) is 5.60. The van der Waals surface area contributed by atoms with Gasteiger partial charge in [0.05, 0.1) is 24.9 Å². The summed E-state index contributed by atoms with van der Waals surface area (Å²) in [6.07, 6.45) is 1.73. The normalized spacial score (nSPS) is 10.9. The van der Waals surface area contributed by atoms with Gasteiger partial charge in [0.2, 0.25) is 5.13 Å². The van der Waals surface area contributed by atoms with E-state index >= 15 is 0 Å². The third-order valence-electron chi connectivity index (χ3n) is 2.74. The first-order chi connectivity index (χ1) is 10.6. The Labute approximate surface area is 131 Å². The number of rotatable bonds is 6. The minimum absolute atomic E-state index is 0.146. The molecule has 1 aromatic heterocycles. The van der Waals surface area contributed by atoms with Gasteiger partial charge in [-0.3, -0.25) is 10.2 Å². The van der Waals surface area contributed by atoms with Crippen molar-refractivity contribution in [3.8, 4) is 0 Å². The van der Waals surface area contributed by atoms with Crippen LogP contribution in [0, 0.1) is 12.7 Å². The molecule has 5 nitrogen and oxygen atoms in total. The maximum atomic E-state index is 13.1. The smallest absolute Gasteiger partial charge is 0.311 e. The predicted molar refractivity (Wildman–Crippen MR) is 84.8 cm³/mol. The van der Waals surface area contributed by atoms with Crippen molar-refractivity contribution in [2.45, 2.75) is 20.3 Å². The van der Waals surface area contributed by atoms with Gasteiger partial charge in [-0.2, -0.15) is 5.10 Å². The highest BCUT2D eigenvalue weighted by atomic mass is 32.1. The number of thiazole rings is 1. The number of esters is 1. The van der Waals surface area contributed by atoms with E-state index in [9.17, 15) is 9.18 Å². The molecule has 1 aromatic carbocycles. The number of hydrogen-bond acceptors (Lipinski definition) is 6. The van der Waals surface area contributed by atoms with Gasteiger partial charge in [0.1, 0.15) is 5.82 Å². The zero-order chi connectivity index (χ0) is 15.9. The maximum absolute atomic E-state index is 13.1. The predicted octanol–water partition coefficient (Wildman–Crippen LogP) is 3.14. The second-order valence-electron chi connectivity index (χ2n) is 4.50. The lowest BCUT2D eigenvalue weighted by molar-refractivity contribution is -0.142. The molecule has 22 heavy (non-hydrogen) atoms. The molecule has 0 aliphatic carbocycles. The van der Waals surface area contributed by atoms with Crippen molar-refractivity contribution in [3.05, 3.63) is 46.2 Å². The number of carbonyl (C=O) groups excluding carboxylic acids is 1. The standard InChI is InChI=1S/C15H16FN3O2S/c1-3-21-14(20)7-12-9-22-15(18-12)19-17-8-11-4-5-13(16)10(2)6-11/h4-6,8-9H,3,7H2,1-2H3,(H,18,19). The average Bonchev–Trinajstić information content (AvgIpc) is 2.90. The van der Waals surface area contributed by atoms with Gasteiger partial charge in [-0.25, -0.2) is 9.37 Å². The lowest BCUT2D eigenvalue weighted by Crippen LogP contribution is -2.07. The van der Waals surface area contributed by atoms with Crippen LogP contribution in [0.3, 0.4) is 0 Å². The fourth-order valence-corrected chi connectivity index (χ4v) is 2.37. The summed E-state index contributed by atoms with van der Waals surface area (Å²) in [5.74, 6) is -0.543. The fourth-order valence-electron chi connectivity index (χ4n) is 1.71. The van der Waals surface area contributed by atoms with E-state index in [1.165, 1.54) is 17.4 Å². The van der Waals surface area contributed by atoms with Crippen molar-refractivity contribution in [2.24, 2.45) is 5.10 Å². The quantitative estimate of drug-likeness (QED) is 0.504. The van der Waals surface area contributed by atoms with Crippen LogP contribution in [-0.2, 0) is 16.0 Å². The molecule has 2 rings (SSSR count). The first kappa shape index (κ1) is 16.1. The Morgan fingerprint density at radius 2 is 2.36 bits per heavy atom. The van der Waals surface area contributed by atoms with Crippen molar-refractivity contribution in [2.75, 3.05) is 12.0 Å². The Hall–Kier alpha value is -2.28. The number of hydrogen-bond donors (Lipinski definition) is 1. The van der Waals surface area contributed by atoms with E-state index < -0.39 is 0 Å². The summed E-state index contributed by atoms with van der Waals surface area (Å²) < 4.78 is 18.0. The van der Waals surface area contributed by atoms with Crippen LogP contribution in [0.1, 0.15) is 23.7 Å². The van der Waals surface area contributed by atoms with Crippen molar-refractivity contribution < 1.29 is 13.9 Å². The molecule has 116 valence electrons. The molecule has 2 aromatic rings. The van der Waals surface area contributed by atoms with E-state index in [0.717, 1.165) is 5.56 Å². The summed E-state index contributed by atoms with van der Waals surface area (Å²) in [6.45, 7) is 3.82. The molecule has 7 heteroatoms. The molecule has 0 unspecified atom stereocenters. The molecule has 0 fully saturated rings. The molecule has 0 atom stereocenters. The second-order valence-corrected chi connectivity index (χ2v) is 5.36. The van der Waals surface area contributed by atoms with Crippen LogP contribution >= 0.6 is 11.3 Å². The van der Waals surface area contributed by atoms with Crippen molar-refractivity contribution in [1.82, 2.24) is 4.98 Å². The van der Waals surface area contributed by atoms with Crippen LogP contribution < -0.4 is 5.43 Å². The largest absolute Gasteiger partial charge is 0.466 e. The molecule has 0 saturated heterocycles. The number of aromatic nitrogens is 1. The molecule has 0 saturated carbocycles. The average molecular weight is 321 g/mol. The fraction of sp³-hybridized carbons (Fsp3) is 0.267. The van der Waals surface area contributed by atoms with E-state index in [1.807, 2.05) is 0 Å². The van der Waals surface area contributed by atoms with Gasteiger partial charge in [0.15, 0.2) is 0 Å². The van der Waals surface area contributed by atoms with Gasteiger partial charge in [0, 0.05) is 5.38 Å². The monoisotopic (exact) mass is 321 g/mol. The van der Waals surface area contributed by atoms with Gasteiger partial charge in [-0.05, 0) is 37.1 Å². The Bertz CT molecular complexity index is 685. The van der Waals surface area contributed by atoms with Crippen molar-refractivity contribution in [1.29, 1.82) is 0 Å². The molecule has 0 radical (unpaired) electrons. The highest BCUT2D eigenvalue weighted by molar-refractivity contribution is 7.13. The minimum atomic E-state index is -0.301. The maximum Gasteiger partial charge on any atom is 0.311 e. The van der Waals surface area contributed by atoms with Crippen LogP contribution in [-0.4, -0.2) is 23.8 Å². The summed E-state index contributed by atoms with van der Waals surface area (Å²) in [6, 6.07) is 4.74. The molecule has 1 N–H and O–H groups in total. The summed E-state index contributed by atoms with van der Waals surface area (Å²) in [4.78, 5) is 15.6. The van der Waals surface area contributed by atoms with Crippen LogP contribution in [0.4, 0.5) is 9.52 Å². The number of hydrazone groups is 1. The van der Waals surface area contributed by atoms with Gasteiger partial charge in [0.25, 0.3) is 0 Å². The number of nitrogens with one attached hydrogen (secondary N) is 1. The summed E-state index contributed by atoms with van der Waals surface area (Å²) in [5, 5.41) is 6.40. The lowest BCUT2D eigenvalue weighted by atomic mass is 10.1. The highest BCUT2D eigenvalue weighted by Crippen LogP contribution is 2.16. The van der Waals surface area contributed by atoms with E-state index in [4.69, 9.17) is 4.74 Å². The van der Waals surface area contributed by atoms with Gasteiger partial charge in [-0.1, -0.05) is 6.07 Å². The third-order valence-corrected chi connectivity index (χ3v) is 3.53. The molecule has 1 heterocycles. The molecule has 0 bridgehead atoms. The number of halogens is 1. The topological polar surface area (TPSA) is 63.6 Å². The zero-order valence-corrected chi connectivity index (χ0v) is 13.1. The van der Waals surface area contributed by atoms with Gasteiger partial charge >= 0.3 is 5.97 Å². The SMILES string of the molecule is CCOC(=O)Cc1csc(NN=Cc2ccc(F)c(C)c2)n1. The first-order valence-electron chi connectivity index (χ1n) is 6.73. The molecule has 0 aliphatic rings. The van der Waals surface area contributed by atoms with Crippen LogP contribution in [0.5, 0.6) is 0 Å². The second kappa shape index (κ2) is 7.65. The summed E-state index contributed by atoms with van der Waals surface area (Å²) >= 11 is 1.35. The van der Waals surface area contributed by atoms with Crippen LogP contribution in [0.2, 0.25) is 0 Å². The Balaban J connectivity index is 1.91. The highest BCUT2D eigenvalue weighted by Gasteiger charge is 2.07. The summed E-state index contributed by atoms with van der Waals surface area (Å²) in [7, 11) is 0. The number of anilines is 1. The number of benzene rings is 1. The lowest BCUT2D eigenvalue weighted by Gasteiger charge is -1.98. The van der Waals surface area contributed by atoms with Crippen LogP contribution in [0.15, 0.2) is 28.7 Å². The molecular weight excluding hydrogens is 305 g/mol. The van der Waals surface area contributed by atoms with Gasteiger partial charge in [-0.15, -0.1) is 11.3 Å². The van der Waals surface area contributed by atoms with Crippen molar-refractivity contribution in [3.63, 3.8) is 0 Å². The van der Waals surface area contributed by atoms with Gasteiger partial charge < -0.3 is 4.74 Å². The molecule has 0 aliphatic heterocycles. The van der Waals surface area contributed by atoms with E-state index in [-0.39, 0.29) is 18.2 Å². The van der Waals surface area contributed by atoms with E-state index in [2.05, 4.69) is 15.5 Å². The molecule has 0 amide bonds.